The van der Waals surface area contributed by atoms with E-state index in [2.05, 4.69) is 0 Å². The fraction of sp³-hybridized carbons (Fsp3) is 0.182. The molecule has 16 heavy (non-hydrogen) atoms. The van der Waals surface area contributed by atoms with Gasteiger partial charge in [0.2, 0.25) is 0 Å². The molecule has 4 nitrogen and oxygen atoms in total. The van der Waals surface area contributed by atoms with Crippen LogP contribution >= 0.6 is 0 Å². The largest absolute Gasteiger partial charge is 0.350 e. The Morgan fingerprint density at radius 3 is 2.56 bits per heavy atom. The third-order valence-corrected chi connectivity index (χ3v) is 3.67. The molecule has 0 bridgehead atoms. The van der Waals surface area contributed by atoms with E-state index in [0.717, 1.165) is 11.8 Å². The predicted molar refractivity (Wildman–Crippen MR) is 61.4 cm³/mol. The molecule has 0 atom stereocenters. The molecule has 0 amide bonds. The van der Waals surface area contributed by atoms with E-state index in [1.165, 1.54) is 6.07 Å². The zero-order chi connectivity index (χ0) is 11.9. The Bertz CT molecular complexity index is 668. The van der Waals surface area contributed by atoms with E-state index in [1.807, 2.05) is 0 Å². The zero-order valence-corrected chi connectivity index (χ0v) is 9.78. The van der Waals surface area contributed by atoms with Crippen molar-refractivity contribution in [3.05, 3.63) is 30.0 Å². The van der Waals surface area contributed by atoms with Crippen LogP contribution in [0.15, 0.2) is 29.3 Å². The third-order valence-electron chi connectivity index (χ3n) is 2.53. The van der Waals surface area contributed by atoms with Crippen molar-refractivity contribution in [2.24, 2.45) is 7.05 Å². The number of carbonyl (C=O) groups excluding carboxylic acids is 1. The zero-order valence-electron chi connectivity index (χ0n) is 8.97. The summed E-state index contributed by atoms with van der Waals surface area (Å²) < 4.78 is 24.9. The molecule has 0 unspecified atom stereocenters. The molecule has 0 saturated heterocycles. The highest BCUT2D eigenvalue weighted by molar-refractivity contribution is 7.91. The lowest BCUT2D eigenvalue weighted by atomic mass is 10.2. The van der Waals surface area contributed by atoms with Gasteiger partial charge in [-0.05, 0) is 12.1 Å². The van der Waals surface area contributed by atoms with Crippen LogP contribution in [0.2, 0.25) is 0 Å². The SMILES string of the molecule is Cn1cc(C=O)c2c(S(C)(=O)=O)cccc21. The Morgan fingerprint density at radius 1 is 1.31 bits per heavy atom. The molecule has 1 heterocycles. The fourth-order valence-corrected chi connectivity index (χ4v) is 2.76. The molecule has 84 valence electrons. The predicted octanol–water partition coefficient (Wildman–Crippen LogP) is 1.39. The summed E-state index contributed by atoms with van der Waals surface area (Å²) in [5, 5.41) is 0.502. The van der Waals surface area contributed by atoms with Crippen molar-refractivity contribution in [3.8, 4) is 0 Å². The number of aryl methyl sites for hydroxylation is 1. The summed E-state index contributed by atoms with van der Waals surface area (Å²) in [7, 11) is -1.54. The Hall–Kier alpha value is -1.62. The van der Waals surface area contributed by atoms with Crippen molar-refractivity contribution >= 4 is 27.0 Å². The summed E-state index contributed by atoms with van der Waals surface area (Å²) in [5.41, 5.74) is 1.14. The van der Waals surface area contributed by atoms with E-state index in [4.69, 9.17) is 0 Å². The summed E-state index contributed by atoms with van der Waals surface area (Å²) in [5.74, 6) is 0. The van der Waals surface area contributed by atoms with E-state index in [1.54, 1.807) is 29.9 Å². The van der Waals surface area contributed by atoms with Gasteiger partial charge in [0.25, 0.3) is 0 Å². The lowest BCUT2D eigenvalue weighted by molar-refractivity contribution is 0.112. The smallest absolute Gasteiger partial charge is 0.176 e. The topological polar surface area (TPSA) is 56.1 Å². The number of benzene rings is 1. The van der Waals surface area contributed by atoms with Crippen LogP contribution in [0, 0.1) is 0 Å². The van der Waals surface area contributed by atoms with Gasteiger partial charge < -0.3 is 4.57 Å². The quantitative estimate of drug-likeness (QED) is 0.742. The maximum absolute atomic E-state index is 11.6. The van der Waals surface area contributed by atoms with Gasteiger partial charge in [0.1, 0.15) is 0 Å². The van der Waals surface area contributed by atoms with Crippen LogP contribution in [0.4, 0.5) is 0 Å². The number of fused-ring (bicyclic) bond motifs is 1. The van der Waals surface area contributed by atoms with Crippen molar-refractivity contribution < 1.29 is 13.2 Å². The van der Waals surface area contributed by atoms with Crippen molar-refractivity contribution in [1.82, 2.24) is 4.57 Å². The van der Waals surface area contributed by atoms with Crippen LogP contribution in [-0.4, -0.2) is 25.5 Å². The van der Waals surface area contributed by atoms with Crippen molar-refractivity contribution in [2.75, 3.05) is 6.26 Å². The standard InChI is InChI=1S/C11H11NO3S/c1-12-6-8(7-13)11-9(12)4-3-5-10(11)16(2,14)15/h3-7H,1-2H3. The molecule has 5 heteroatoms. The van der Waals surface area contributed by atoms with Gasteiger partial charge in [-0.1, -0.05) is 6.07 Å². The van der Waals surface area contributed by atoms with Crippen LogP contribution in [-0.2, 0) is 16.9 Å². The molecule has 2 aromatic rings. The van der Waals surface area contributed by atoms with Crippen LogP contribution in [0.25, 0.3) is 10.9 Å². The Morgan fingerprint density at radius 2 is 2.00 bits per heavy atom. The average Bonchev–Trinajstić information content (AvgIpc) is 2.54. The summed E-state index contributed by atoms with van der Waals surface area (Å²) in [6, 6.07) is 4.98. The second kappa shape index (κ2) is 3.45. The van der Waals surface area contributed by atoms with E-state index < -0.39 is 9.84 Å². The van der Waals surface area contributed by atoms with Crippen molar-refractivity contribution in [3.63, 3.8) is 0 Å². The van der Waals surface area contributed by atoms with Gasteiger partial charge in [-0.25, -0.2) is 8.42 Å². The minimum Gasteiger partial charge on any atom is -0.350 e. The van der Waals surface area contributed by atoms with E-state index in [0.29, 0.717) is 17.2 Å². The summed E-state index contributed by atoms with van der Waals surface area (Å²) >= 11 is 0. The molecule has 2 rings (SSSR count). The molecule has 0 aliphatic rings. The number of aromatic nitrogens is 1. The number of aldehydes is 1. The lowest BCUT2D eigenvalue weighted by Gasteiger charge is -2.02. The third kappa shape index (κ3) is 1.53. The number of hydrogen-bond acceptors (Lipinski definition) is 3. The molecule has 1 aromatic heterocycles. The van der Waals surface area contributed by atoms with Crippen LogP contribution in [0.3, 0.4) is 0 Å². The van der Waals surface area contributed by atoms with Gasteiger partial charge in [0, 0.05) is 36.0 Å². The van der Waals surface area contributed by atoms with Gasteiger partial charge in [-0.3, -0.25) is 4.79 Å². The Labute approximate surface area is 93.4 Å². The highest BCUT2D eigenvalue weighted by Gasteiger charge is 2.16. The maximum Gasteiger partial charge on any atom is 0.176 e. The molecule has 0 radical (unpaired) electrons. The summed E-state index contributed by atoms with van der Waals surface area (Å²) in [6.07, 6.45) is 3.45. The minimum absolute atomic E-state index is 0.202. The first-order valence-corrected chi connectivity index (χ1v) is 6.57. The second-order valence-electron chi connectivity index (χ2n) is 3.74. The summed E-state index contributed by atoms with van der Waals surface area (Å²) in [6.45, 7) is 0. The van der Waals surface area contributed by atoms with E-state index in [9.17, 15) is 13.2 Å². The van der Waals surface area contributed by atoms with Crippen LogP contribution in [0.5, 0.6) is 0 Å². The minimum atomic E-state index is -3.32. The summed E-state index contributed by atoms with van der Waals surface area (Å²) in [4.78, 5) is 11.1. The highest BCUT2D eigenvalue weighted by Crippen LogP contribution is 2.26. The first-order chi connectivity index (χ1) is 7.45. The Kier molecular flexibility index (Phi) is 2.35. The number of sulfone groups is 1. The first kappa shape index (κ1) is 10.9. The average molecular weight is 237 g/mol. The molecule has 0 fully saturated rings. The van der Waals surface area contributed by atoms with E-state index >= 15 is 0 Å². The normalized spacial score (nSPS) is 11.9. The molecule has 0 aliphatic carbocycles. The molecular formula is C11H11NO3S. The molecule has 1 aromatic carbocycles. The van der Waals surface area contributed by atoms with E-state index in [-0.39, 0.29) is 4.90 Å². The first-order valence-electron chi connectivity index (χ1n) is 4.68. The number of nitrogens with zero attached hydrogens (tertiary/aromatic N) is 1. The van der Waals surface area contributed by atoms with Gasteiger partial charge >= 0.3 is 0 Å². The monoisotopic (exact) mass is 237 g/mol. The van der Waals surface area contributed by atoms with Crippen molar-refractivity contribution in [1.29, 1.82) is 0 Å². The molecule has 0 saturated carbocycles. The maximum atomic E-state index is 11.6. The number of rotatable bonds is 2. The lowest BCUT2D eigenvalue weighted by Crippen LogP contribution is -1.98. The van der Waals surface area contributed by atoms with Gasteiger partial charge in [0.05, 0.1) is 4.90 Å². The highest BCUT2D eigenvalue weighted by atomic mass is 32.2. The molecule has 0 aliphatic heterocycles. The number of hydrogen-bond donors (Lipinski definition) is 0. The molecular weight excluding hydrogens is 226 g/mol. The van der Waals surface area contributed by atoms with Gasteiger partial charge in [0.15, 0.2) is 16.1 Å². The van der Waals surface area contributed by atoms with Crippen LogP contribution < -0.4 is 0 Å². The molecule has 0 N–H and O–H groups in total. The number of carbonyl (C=O) groups is 1. The fourth-order valence-electron chi connectivity index (χ4n) is 1.84. The Balaban J connectivity index is 3.02. The molecule has 0 spiro atoms. The van der Waals surface area contributed by atoms with Crippen molar-refractivity contribution in [2.45, 2.75) is 4.90 Å². The van der Waals surface area contributed by atoms with Crippen LogP contribution in [0.1, 0.15) is 10.4 Å². The van der Waals surface area contributed by atoms with Gasteiger partial charge in [-0.2, -0.15) is 0 Å². The second-order valence-corrected chi connectivity index (χ2v) is 5.72. The van der Waals surface area contributed by atoms with Gasteiger partial charge in [-0.15, -0.1) is 0 Å².